The Morgan fingerprint density at radius 1 is 1.09 bits per heavy atom. The predicted molar refractivity (Wildman–Crippen MR) is 96.0 cm³/mol. The van der Waals surface area contributed by atoms with Gasteiger partial charge in [0, 0.05) is 12.4 Å². The maximum atomic E-state index is 9.96. The maximum Gasteiger partial charge on any atom is 0.101 e. The number of fused-ring (bicyclic) bond motifs is 2. The lowest BCUT2D eigenvalue weighted by molar-refractivity contribution is 0.636. The number of alkyl halides is 1. The van der Waals surface area contributed by atoms with Crippen molar-refractivity contribution in [3.05, 3.63) is 58.0 Å². The number of nitrogens with zero attached hydrogens (tertiary/aromatic N) is 3. The standard InChI is InChI=1S/C8H4N2S.C7H4ClNS.CH3F/c9-5-6-1-3-10-7-2-4-11-8(6)7;8-5-1-3-9-6-2-4-10-7(5)6;1-2/h1-4H;1-4H;1H3/i;;1D. The monoisotopic (exact) mass is 364 g/mol. The van der Waals surface area contributed by atoms with Crippen LogP contribution in [-0.4, -0.2) is 17.1 Å². The summed E-state index contributed by atoms with van der Waals surface area (Å²) in [6.07, 6.45) is 3.38. The first-order chi connectivity index (χ1) is 11.7. The van der Waals surface area contributed by atoms with Crippen molar-refractivity contribution in [1.29, 1.82) is 5.26 Å². The van der Waals surface area contributed by atoms with Crippen LogP contribution in [0, 0.1) is 11.3 Å². The summed E-state index contributed by atoms with van der Waals surface area (Å²) >= 11 is 9.04. The molecule has 0 amide bonds. The van der Waals surface area contributed by atoms with Crippen molar-refractivity contribution in [3.63, 3.8) is 0 Å². The third-order valence-electron chi connectivity index (χ3n) is 2.76. The Labute approximate surface area is 147 Å². The number of pyridine rings is 2. The van der Waals surface area contributed by atoms with E-state index in [9.17, 15) is 4.39 Å². The molecule has 4 heterocycles. The number of aromatic nitrogens is 2. The molecule has 0 radical (unpaired) electrons. The predicted octanol–water partition coefficient (Wildman–Crippen LogP) is 5.70. The molecular weight excluding hydrogens is 353 g/mol. The highest BCUT2D eigenvalue weighted by Gasteiger charge is 2.00. The van der Waals surface area contributed by atoms with Gasteiger partial charge in [0.2, 0.25) is 0 Å². The highest BCUT2D eigenvalue weighted by atomic mass is 35.5. The maximum absolute atomic E-state index is 9.96. The lowest BCUT2D eigenvalue weighted by Crippen LogP contribution is -1.75. The number of thiophene rings is 2. The number of rotatable bonds is 0. The van der Waals surface area contributed by atoms with Gasteiger partial charge in [-0.05, 0) is 35.0 Å². The fourth-order valence-electron chi connectivity index (χ4n) is 1.80. The van der Waals surface area contributed by atoms with Crippen molar-refractivity contribution in [2.75, 3.05) is 7.15 Å². The molecule has 4 aromatic heterocycles. The lowest BCUT2D eigenvalue weighted by Gasteiger charge is -1.88. The molecule has 23 heavy (non-hydrogen) atoms. The molecule has 0 bridgehead atoms. The molecule has 0 fully saturated rings. The van der Waals surface area contributed by atoms with Crippen LogP contribution in [0.1, 0.15) is 6.93 Å². The molecule has 0 aliphatic carbocycles. The normalized spacial score (nSPS) is 10.0. The fourth-order valence-corrected chi connectivity index (χ4v) is 3.66. The van der Waals surface area contributed by atoms with E-state index in [1.54, 1.807) is 47.2 Å². The molecule has 0 aromatic carbocycles. The average Bonchev–Trinajstić information content (AvgIpc) is 3.25. The van der Waals surface area contributed by atoms with Crippen LogP contribution in [0.3, 0.4) is 0 Å². The first-order valence-corrected chi connectivity index (χ1v) is 8.40. The Balaban J connectivity index is 0.000000150. The molecule has 0 spiro atoms. The molecule has 0 N–H and O–H groups in total. The highest BCUT2D eigenvalue weighted by Crippen LogP contribution is 2.26. The smallest absolute Gasteiger partial charge is 0.101 e. The van der Waals surface area contributed by atoms with Gasteiger partial charge in [-0.3, -0.25) is 14.4 Å². The number of nitriles is 1. The zero-order valence-corrected chi connectivity index (χ0v) is 14.1. The van der Waals surface area contributed by atoms with E-state index in [2.05, 4.69) is 16.0 Å². The van der Waals surface area contributed by atoms with Gasteiger partial charge in [0.05, 0.1) is 39.5 Å². The third kappa shape index (κ3) is 4.02. The summed E-state index contributed by atoms with van der Waals surface area (Å²) in [7, 11) is -1.00. The second kappa shape index (κ2) is 8.53. The van der Waals surface area contributed by atoms with Crippen molar-refractivity contribution in [1.82, 2.24) is 9.97 Å². The molecule has 4 aromatic rings. The van der Waals surface area contributed by atoms with Crippen LogP contribution in [0.2, 0.25) is 5.02 Å². The second-order valence-electron chi connectivity index (χ2n) is 4.03. The minimum atomic E-state index is -1.00. The Kier molecular flexibility index (Phi) is 5.87. The van der Waals surface area contributed by atoms with Crippen LogP contribution in [0.25, 0.3) is 20.4 Å². The summed E-state index contributed by atoms with van der Waals surface area (Å²) in [5.41, 5.74) is 2.61. The van der Waals surface area contributed by atoms with Crippen LogP contribution in [0.4, 0.5) is 4.39 Å². The summed E-state index contributed by atoms with van der Waals surface area (Å²) in [6.45, 7) is 0. The van der Waals surface area contributed by atoms with E-state index in [0.29, 0.717) is 5.56 Å². The lowest BCUT2D eigenvalue weighted by atomic mass is 10.3. The molecule has 0 saturated carbocycles. The van der Waals surface area contributed by atoms with Crippen molar-refractivity contribution < 1.29 is 5.76 Å². The van der Waals surface area contributed by atoms with Crippen LogP contribution >= 0.6 is 34.3 Å². The van der Waals surface area contributed by atoms with Crippen LogP contribution in [0.5, 0.6) is 0 Å². The van der Waals surface area contributed by atoms with E-state index in [0.717, 1.165) is 25.5 Å². The average molecular weight is 365 g/mol. The molecule has 0 aliphatic heterocycles. The molecule has 0 saturated heterocycles. The van der Waals surface area contributed by atoms with Gasteiger partial charge in [-0.25, -0.2) is 0 Å². The summed E-state index contributed by atoms with van der Waals surface area (Å²) in [6, 6.07) is 9.55. The van der Waals surface area contributed by atoms with Gasteiger partial charge < -0.3 is 0 Å². The molecule has 0 atom stereocenters. The van der Waals surface area contributed by atoms with E-state index in [1.807, 2.05) is 22.9 Å². The molecule has 3 nitrogen and oxygen atoms in total. The van der Waals surface area contributed by atoms with E-state index >= 15 is 0 Å². The number of halogens is 2. The van der Waals surface area contributed by atoms with Gasteiger partial charge in [0.1, 0.15) is 6.07 Å². The molecule has 4 rings (SSSR count). The minimum Gasteiger partial charge on any atom is -0.255 e. The van der Waals surface area contributed by atoms with Crippen LogP contribution in [-0.2, 0) is 0 Å². The SMILES string of the molecule is Clc1ccnc2ccsc12.N#Cc1ccnc2ccsc12.[2H]CF. The first kappa shape index (κ1) is 15.8. The van der Waals surface area contributed by atoms with E-state index in [4.69, 9.17) is 18.2 Å². The summed E-state index contributed by atoms with van der Waals surface area (Å²) in [4.78, 5) is 8.24. The van der Waals surface area contributed by atoms with Crippen molar-refractivity contribution in [2.24, 2.45) is 0 Å². The Hall–Kier alpha value is -2.07. The van der Waals surface area contributed by atoms with Gasteiger partial charge in [-0.2, -0.15) is 5.26 Å². The van der Waals surface area contributed by atoms with Crippen molar-refractivity contribution >= 4 is 54.7 Å². The Bertz CT molecular complexity index is 964. The summed E-state index contributed by atoms with van der Waals surface area (Å²) < 4.78 is 17.6. The van der Waals surface area contributed by atoms with Crippen LogP contribution in [0.15, 0.2) is 47.4 Å². The first-order valence-electron chi connectivity index (χ1n) is 6.97. The summed E-state index contributed by atoms with van der Waals surface area (Å²) in [5, 5.41) is 13.4. The molecule has 0 aliphatic rings. The van der Waals surface area contributed by atoms with Gasteiger partial charge >= 0.3 is 0 Å². The number of hydrogen-bond acceptors (Lipinski definition) is 5. The zero-order valence-electron chi connectivity index (χ0n) is 12.7. The minimum absolute atomic E-state index is 0.713. The molecular formula is C16H11ClFN3S2. The van der Waals surface area contributed by atoms with Crippen LogP contribution < -0.4 is 0 Å². The van der Waals surface area contributed by atoms with Gasteiger partial charge in [-0.1, -0.05) is 11.6 Å². The molecule has 116 valence electrons. The molecule has 0 unspecified atom stereocenters. The topological polar surface area (TPSA) is 49.6 Å². The van der Waals surface area contributed by atoms with Gasteiger partial charge in [0.25, 0.3) is 0 Å². The fraction of sp³-hybridized carbons (Fsp3) is 0.0625. The third-order valence-corrected chi connectivity index (χ3v) is 5.06. The Morgan fingerprint density at radius 3 is 2.26 bits per heavy atom. The van der Waals surface area contributed by atoms with Crippen molar-refractivity contribution in [2.45, 2.75) is 0 Å². The largest absolute Gasteiger partial charge is 0.255 e. The number of hydrogen-bond donors (Lipinski definition) is 0. The van der Waals surface area contributed by atoms with Gasteiger partial charge in [0.15, 0.2) is 0 Å². The quantitative estimate of drug-likeness (QED) is 0.402. The van der Waals surface area contributed by atoms with Gasteiger partial charge in [-0.15, -0.1) is 22.7 Å². The Morgan fingerprint density at radius 2 is 1.65 bits per heavy atom. The van der Waals surface area contributed by atoms with E-state index < -0.39 is 7.15 Å². The summed E-state index contributed by atoms with van der Waals surface area (Å²) in [5.74, 6) is 0. The second-order valence-corrected chi connectivity index (χ2v) is 6.27. The van der Waals surface area contributed by atoms with E-state index in [-0.39, 0.29) is 0 Å². The molecule has 7 heteroatoms. The van der Waals surface area contributed by atoms with Crippen molar-refractivity contribution in [3.8, 4) is 6.07 Å². The van der Waals surface area contributed by atoms with E-state index in [1.165, 1.54) is 0 Å². The zero-order chi connectivity index (χ0) is 17.4. The highest BCUT2D eigenvalue weighted by molar-refractivity contribution is 7.18.